The molecular weight excluding hydrogens is 543 g/mol. The van der Waals surface area contributed by atoms with Crippen LogP contribution in [-0.2, 0) is 0 Å². The first-order chi connectivity index (χ1) is 22.3. The molecule has 0 fully saturated rings. The molecule has 3 heteroatoms. The number of hydrogen-bond donors (Lipinski definition) is 0. The Morgan fingerprint density at radius 2 is 1.11 bits per heavy atom. The van der Waals surface area contributed by atoms with Gasteiger partial charge in [-0.15, -0.1) is 0 Å². The third-order valence-electron chi connectivity index (χ3n) is 9.87. The van der Waals surface area contributed by atoms with E-state index < -0.39 is 0 Å². The van der Waals surface area contributed by atoms with Crippen molar-refractivity contribution in [3.8, 4) is 0 Å². The molecule has 9 rings (SSSR count). The van der Waals surface area contributed by atoms with Crippen molar-refractivity contribution >= 4 is 57.2 Å². The molecule has 0 saturated heterocycles. The van der Waals surface area contributed by atoms with Gasteiger partial charge in [0.05, 0.1) is 0 Å². The molecule has 0 bridgehead atoms. The highest BCUT2D eigenvalue weighted by Gasteiger charge is 2.43. The molecule has 4 aliphatic rings. The Morgan fingerprint density at radius 1 is 0.556 bits per heavy atom. The lowest BCUT2D eigenvalue weighted by Crippen LogP contribution is -2.61. The smallest absolute Gasteiger partial charge is 0.252 e. The zero-order chi connectivity index (χ0) is 29.7. The maximum Gasteiger partial charge on any atom is 0.252 e. The molecule has 0 aromatic heterocycles. The van der Waals surface area contributed by atoms with Gasteiger partial charge in [0.25, 0.3) is 6.71 Å². The summed E-state index contributed by atoms with van der Waals surface area (Å²) >= 11 is 0. The van der Waals surface area contributed by atoms with Crippen molar-refractivity contribution in [1.82, 2.24) is 0 Å². The molecule has 0 radical (unpaired) electrons. The number of rotatable bonds is 4. The van der Waals surface area contributed by atoms with Crippen LogP contribution in [0.2, 0.25) is 0 Å². The second kappa shape index (κ2) is 10.7. The quantitative estimate of drug-likeness (QED) is 0.193. The second-order valence-electron chi connectivity index (χ2n) is 12.4. The average Bonchev–Trinajstić information content (AvgIpc) is 3.12. The summed E-state index contributed by atoms with van der Waals surface area (Å²) in [5, 5.41) is 0. The first kappa shape index (κ1) is 26.2. The molecule has 2 aliphatic carbocycles. The van der Waals surface area contributed by atoms with Crippen molar-refractivity contribution in [2.24, 2.45) is 0 Å². The van der Waals surface area contributed by atoms with E-state index in [0.717, 1.165) is 19.3 Å². The van der Waals surface area contributed by atoms with Crippen LogP contribution >= 0.6 is 0 Å². The number of hydrogen-bond acceptors (Lipinski definition) is 2. The minimum Gasteiger partial charge on any atom is -0.311 e. The maximum absolute atomic E-state index is 2.50. The van der Waals surface area contributed by atoms with E-state index in [9.17, 15) is 0 Å². The molecule has 0 amide bonds. The Balaban J connectivity index is 1.31. The van der Waals surface area contributed by atoms with Crippen molar-refractivity contribution < 1.29 is 0 Å². The van der Waals surface area contributed by atoms with Gasteiger partial charge in [-0.1, -0.05) is 109 Å². The van der Waals surface area contributed by atoms with Gasteiger partial charge in [-0.25, -0.2) is 0 Å². The summed E-state index contributed by atoms with van der Waals surface area (Å²) in [6.07, 6.45) is 17.1. The molecule has 2 heterocycles. The third-order valence-corrected chi connectivity index (χ3v) is 9.87. The fourth-order valence-electron chi connectivity index (χ4n) is 7.86. The summed E-state index contributed by atoms with van der Waals surface area (Å²) in [6, 6.07) is 44.8. The zero-order valence-corrected chi connectivity index (χ0v) is 25.2. The number of para-hydroxylation sites is 4. The lowest BCUT2D eigenvalue weighted by Gasteiger charge is -2.44. The van der Waals surface area contributed by atoms with Gasteiger partial charge in [-0.05, 0) is 101 Å². The van der Waals surface area contributed by atoms with Crippen molar-refractivity contribution in [3.05, 3.63) is 174 Å². The highest BCUT2D eigenvalue weighted by molar-refractivity contribution is 7.00. The normalized spacial score (nSPS) is 17.7. The van der Waals surface area contributed by atoms with Crippen LogP contribution in [0.3, 0.4) is 0 Å². The summed E-state index contributed by atoms with van der Waals surface area (Å²) in [7, 11) is 0. The van der Waals surface area contributed by atoms with E-state index >= 15 is 0 Å². The van der Waals surface area contributed by atoms with Gasteiger partial charge in [0.2, 0.25) is 0 Å². The van der Waals surface area contributed by atoms with Crippen LogP contribution in [0.4, 0.5) is 34.1 Å². The monoisotopic (exact) mass is 576 g/mol. The van der Waals surface area contributed by atoms with E-state index in [2.05, 4.69) is 168 Å². The average molecular weight is 577 g/mol. The summed E-state index contributed by atoms with van der Waals surface area (Å²) in [6.45, 7) is 0.146. The standard InChI is InChI=1S/C42H33BN2/c1-4-15-30(16-5-1)31-17-14-18-32(27-31)33-28-40-42-41(29-33)45(35-21-8-3-9-22-35)39-26-13-11-24-37(39)43(42)36-23-10-12-25-38(36)44(40)34-19-6-2-7-20-34/h1-4,6-15,17-26,28-29,32H,5,16,27H2. The van der Waals surface area contributed by atoms with Crippen molar-refractivity contribution in [3.63, 3.8) is 0 Å². The van der Waals surface area contributed by atoms with Gasteiger partial charge >= 0.3 is 0 Å². The molecule has 1 unspecified atom stereocenters. The lowest BCUT2D eigenvalue weighted by atomic mass is 9.33. The first-order valence-corrected chi connectivity index (χ1v) is 16.1. The number of anilines is 6. The molecule has 45 heavy (non-hydrogen) atoms. The molecule has 0 saturated carbocycles. The van der Waals surface area contributed by atoms with Crippen LogP contribution in [0.5, 0.6) is 0 Å². The predicted octanol–water partition coefficient (Wildman–Crippen LogP) is 9.02. The maximum atomic E-state index is 2.50. The van der Waals surface area contributed by atoms with Gasteiger partial charge in [0.15, 0.2) is 0 Å². The van der Waals surface area contributed by atoms with Gasteiger partial charge in [0, 0.05) is 40.0 Å². The first-order valence-electron chi connectivity index (χ1n) is 16.1. The Bertz CT molecular complexity index is 1940. The fourth-order valence-corrected chi connectivity index (χ4v) is 7.86. The topological polar surface area (TPSA) is 6.48 Å². The third kappa shape index (κ3) is 4.26. The Hall–Kier alpha value is -5.28. The summed E-state index contributed by atoms with van der Waals surface area (Å²) in [4.78, 5) is 5.01. The summed E-state index contributed by atoms with van der Waals surface area (Å²) in [5.41, 5.74) is 15.8. The SMILES string of the molecule is C1=CCCC(C2=CC=CC(c3cc4c5c(c3)N(c3ccccc3)c3ccccc3B5c3ccccc3N4c3ccccc3)C2)=C1. The second-order valence-corrected chi connectivity index (χ2v) is 12.4. The van der Waals surface area contributed by atoms with Crippen LogP contribution < -0.4 is 26.2 Å². The van der Waals surface area contributed by atoms with Crippen LogP contribution in [0.25, 0.3) is 0 Å². The highest BCUT2D eigenvalue weighted by Crippen LogP contribution is 2.46. The van der Waals surface area contributed by atoms with Crippen LogP contribution in [0.15, 0.2) is 169 Å². The predicted molar refractivity (Wildman–Crippen MR) is 192 cm³/mol. The molecule has 0 spiro atoms. The molecule has 5 aromatic carbocycles. The van der Waals surface area contributed by atoms with E-state index in [1.807, 2.05) is 0 Å². The molecule has 1 atom stereocenters. The fraction of sp³-hybridized carbons (Fsp3) is 0.0952. The minimum atomic E-state index is 0.146. The van der Waals surface area contributed by atoms with E-state index in [4.69, 9.17) is 0 Å². The lowest BCUT2D eigenvalue weighted by molar-refractivity contribution is 0.800. The van der Waals surface area contributed by atoms with Crippen LogP contribution in [0, 0.1) is 0 Å². The van der Waals surface area contributed by atoms with Crippen molar-refractivity contribution in [1.29, 1.82) is 0 Å². The Morgan fingerprint density at radius 3 is 1.69 bits per heavy atom. The van der Waals surface area contributed by atoms with Crippen molar-refractivity contribution in [2.45, 2.75) is 25.2 Å². The van der Waals surface area contributed by atoms with E-state index in [1.54, 1.807) is 0 Å². The van der Waals surface area contributed by atoms with Crippen LogP contribution in [0.1, 0.15) is 30.7 Å². The molecule has 5 aromatic rings. The van der Waals surface area contributed by atoms with Gasteiger partial charge < -0.3 is 9.80 Å². The van der Waals surface area contributed by atoms with E-state index in [1.165, 1.54) is 67.2 Å². The molecule has 2 nitrogen and oxygen atoms in total. The molecule has 214 valence electrons. The number of fused-ring (bicyclic) bond motifs is 4. The van der Waals surface area contributed by atoms with E-state index in [-0.39, 0.29) is 6.71 Å². The van der Waals surface area contributed by atoms with E-state index in [0.29, 0.717) is 5.92 Å². The largest absolute Gasteiger partial charge is 0.311 e. The van der Waals surface area contributed by atoms with Crippen molar-refractivity contribution in [2.75, 3.05) is 9.80 Å². The summed E-state index contributed by atoms with van der Waals surface area (Å²) in [5.74, 6) is 0.293. The molecule has 0 N–H and O–H groups in total. The van der Waals surface area contributed by atoms with Gasteiger partial charge in [-0.2, -0.15) is 0 Å². The summed E-state index contributed by atoms with van der Waals surface area (Å²) < 4.78 is 0. The highest BCUT2D eigenvalue weighted by atomic mass is 15.2. The zero-order valence-electron chi connectivity index (χ0n) is 25.2. The minimum absolute atomic E-state index is 0.146. The van der Waals surface area contributed by atoms with Gasteiger partial charge in [0.1, 0.15) is 0 Å². The Kier molecular flexibility index (Phi) is 6.23. The molecule has 2 aliphatic heterocycles. The van der Waals surface area contributed by atoms with Crippen LogP contribution in [-0.4, -0.2) is 6.71 Å². The number of benzene rings is 5. The number of nitrogens with zero attached hydrogens (tertiary/aromatic N) is 2. The van der Waals surface area contributed by atoms with Gasteiger partial charge in [-0.3, -0.25) is 0 Å². The Labute approximate surface area is 266 Å². The number of allylic oxidation sites excluding steroid dienone is 8. The molecular formula is C42H33BN2.